The van der Waals surface area contributed by atoms with Crippen LogP contribution in [0.25, 0.3) is 0 Å². The van der Waals surface area contributed by atoms with E-state index in [-0.39, 0.29) is 6.04 Å². The Hall–Kier alpha value is -2.60. The number of nitrogens with zero attached hydrogens (tertiary/aromatic N) is 2. The fourth-order valence-corrected chi connectivity index (χ4v) is 3.92. The number of carboxylic acids is 1. The second kappa shape index (κ2) is 8.39. The molecule has 1 aromatic carbocycles. The van der Waals surface area contributed by atoms with Gasteiger partial charge < -0.3 is 14.6 Å². The highest BCUT2D eigenvalue weighted by Crippen LogP contribution is 2.42. The molecule has 27 heavy (non-hydrogen) atoms. The summed E-state index contributed by atoms with van der Waals surface area (Å²) in [7, 11) is 3.21. The fraction of sp³-hybridized carbons (Fsp3) is 0.429. The van der Waals surface area contributed by atoms with Gasteiger partial charge in [-0.05, 0) is 44.0 Å². The molecule has 0 bridgehead atoms. The first-order valence-corrected chi connectivity index (χ1v) is 9.19. The van der Waals surface area contributed by atoms with Crippen molar-refractivity contribution in [3.05, 3.63) is 53.3 Å². The Bertz CT molecular complexity index is 809. The molecule has 6 nitrogen and oxygen atoms in total. The number of aryl methyl sites for hydroxylation is 1. The number of rotatable bonds is 6. The number of benzene rings is 1. The molecule has 1 aromatic heterocycles. The molecule has 0 saturated carbocycles. The van der Waals surface area contributed by atoms with Crippen molar-refractivity contribution >= 4 is 5.97 Å². The van der Waals surface area contributed by atoms with E-state index in [1.165, 1.54) is 0 Å². The molecular formula is C21H26N2O4. The summed E-state index contributed by atoms with van der Waals surface area (Å²) in [6, 6.07) is 8.73. The van der Waals surface area contributed by atoms with Crippen molar-refractivity contribution in [1.82, 2.24) is 9.88 Å². The molecular weight excluding hydrogens is 344 g/mol. The Morgan fingerprint density at radius 1 is 1.22 bits per heavy atom. The van der Waals surface area contributed by atoms with Crippen LogP contribution in [0.2, 0.25) is 0 Å². The first-order valence-electron chi connectivity index (χ1n) is 9.19. The topological polar surface area (TPSA) is 71.9 Å². The van der Waals surface area contributed by atoms with Gasteiger partial charge in [-0.15, -0.1) is 0 Å². The second-order valence-corrected chi connectivity index (χ2v) is 6.78. The third kappa shape index (κ3) is 3.76. The molecule has 2 unspecified atom stereocenters. The number of aliphatic carboxylic acids is 1. The summed E-state index contributed by atoms with van der Waals surface area (Å²) < 4.78 is 11.1. The predicted molar refractivity (Wildman–Crippen MR) is 102 cm³/mol. The summed E-state index contributed by atoms with van der Waals surface area (Å²) in [5, 5.41) is 9.83. The van der Waals surface area contributed by atoms with E-state index in [1.807, 2.05) is 42.2 Å². The van der Waals surface area contributed by atoms with Crippen molar-refractivity contribution in [2.45, 2.75) is 38.3 Å². The molecule has 1 aliphatic rings. The molecule has 0 aliphatic carbocycles. The lowest BCUT2D eigenvalue weighted by Crippen LogP contribution is -2.47. The number of carboxylic acid groups (broad SMARTS) is 1. The molecule has 1 aliphatic heterocycles. The zero-order valence-electron chi connectivity index (χ0n) is 16.0. The van der Waals surface area contributed by atoms with E-state index in [9.17, 15) is 9.90 Å². The molecule has 2 heterocycles. The third-order valence-electron chi connectivity index (χ3n) is 5.20. The first kappa shape index (κ1) is 19.2. The van der Waals surface area contributed by atoms with Crippen LogP contribution in [0.15, 0.2) is 36.5 Å². The van der Waals surface area contributed by atoms with Gasteiger partial charge in [0.2, 0.25) is 0 Å². The Labute approximate surface area is 159 Å². The van der Waals surface area contributed by atoms with Crippen molar-refractivity contribution in [2.75, 3.05) is 20.8 Å². The molecule has 1 fully saturated rings. The Morgan fingerprint density at radius 3 is 2.70 bits per heavy atom. The Kier molecular flexibility index (Phi) is 5.96. The summed E-state index contributed by atoms with van der Waals surface area (Å²) in [5.41, 5.74) is 2.73. The lowest BCUT2D eigenvalue weighted by atomic mass is 9.92. The molecule has 6 heteroatoms. The van der Waals surface area contributed by atoms with Crippen molar-refractivity contribution in [1.29, 1.82) is 0 Å². The maximum Gasteiger partial charge on any atom is 0.320 e. The predicted octanol–water partition coefficient (Wildman–Crippen LogP) is 3.44. The van der Waals surface area contributed by atoms with Crippen LogP contribution in [0.4, 0.5) is 0 Å². The molecule has 0 radical (unpaired) electrons. The number of pyridine rings is 1. The summed E-state index contributed by atoms with van der Waals surface area (Å²) >= 11 is 0. The molecule has 0 spiro atoms. The van der Waals surface area contributed by atoms with Crippen LogP contribution in [0.3, 0.4) is 0 Å². The highest BCUT2D eigenvalue weighted by atomic mass is 16.5. The third-order valence-corrected chi connectivity index (χ3v) is 5.20. The van der Waals surface area contributed by atoms with E-state index in [0.29, 0.717) is 24.5 Å². The number of methoxy groups -OCH3 is 2. The average molecular weight is 370 g/mol. The lowest BCUT2D eigenvalue weighted by Gasteiger charge is -2.40. The number of hydrogen-bond donors (Lipinski definition) is 1. The minimum absolute atomic E-state index is 0.322. The van der Waals surface area contributed by atoms with Gasteiger partial charge in [0.25, 0.3) is 0 Å². The number of hydrogen-bond acceptors (Lipinski definition) is 5. The van der Waals surface area contributed by atoms with Crippen molar-refractivity contribution < 1.29 is 19.4 Å². The average Bonchev–Trinajstić information content (AvgIpc) is 2.69. The highest BCUT2D eigenvalue weighted by molar-refractivity contribution is 5.74. The molecule has 2 atom stereocenters. The van der Waals surface area contributed by atoms with Crippen LogP contribution in [0.1, 0.15) is 42.1 Å². The van der Waals surface area contributed by atoms with Crippen LogP contribution in [-0.4, -0.2) is 47.8 Å². The lowest BCUT2D eigenvalue weighted by molar-refractivity contribution is -0.145. The Morgan fingerprint density at radius 2 is 2.04 bits per heavy atom. The number of likely N-dealkylation sites (tertiary alicyclic amines) is 1. The number of piperidine rings is 1. The summed E-state index contributed by atoms with van der Waals surface area (Å²) in [6.45, 7) is 2.69. The van der Waals surface area contributed by atoms with Crippen LogP contribution in [0.5, 0.6) is 11.5 Å². The number of para-hydroxylation sites is 1. The van der Waals surface area contributed by atoms with Crippen LogP contribution in [0, 0.1) is 6.92 Å². The van der Waals surface area contributed by atoms with Gasteiger partial charge in [-0.1, -0.05) is 24.6 Å². The monoisotopic (exact) mass is 370 g/mol. The minimum atomic E-state index is -0.796. The molecule has 1 saturated heterocycles. The van der Waals surface area contributed by atoms with Gasteiger partial charge in [0.1, 0.15) is 6.04 Å². The summed E-state index contributed by atoms with van der Waals surface area (Å²) in [6.07, 6.45) is 4.25. The van der Waals surface area contributed by atoms with Gasteiger partial charge in [0.05, 0.1) is 26.0 Å². The van der Waals surface area contributed by atoms with E-state index >= 15 is 0 Å². The first-order chi connectivity index (χ1) is 13.1. The van der Waals surface area contributed by atoms with Crippen LogP contribution >= 0.6 is 0 Å². The van der Waals surface area contributed by atoms with Crippen molar-refractivity contribution in [3.63, 3.8) is 0 Å². The SMILES string of the molecule is COc1cccc(C(c2ncccc2C)N2CCCCC2C(=O)O)c1OC. The Balaban J connectivity index is 2.20. The fourth-order valence-electron chi connectivity index (χ4n) is 3.92. The molecule has 2 aromatic rings. The zero-order chi connectivity index (χ0) is 19.4. The zero-order valence-corrected chi connectivity index (χ0v) is 16.0. The van der Waals surface area contributed by atoms with Gasteiger partial charge in [-0.2, -0.15) is 0 Å². The largest absolute Gasteiger partial charge is 0.493 e. The minimum Gasteiger partial charge on any atom is -0.493 e. The maximum absolute atomic E-state index is 12.0. The van der Waals surface area contributed by atoms with Gasteiger partial charge in [-0.3, -0.25) is 14.7 Å². The standard InChI is InChI=1S/C21H26N2O4/c1-14-8-7-12-22-18(14)19(23-13-5-4-10-16(23)21(24)25)15-9-6-11-17(26-2)20(15)27-3/h6-9,11-12,16,19H,4-5,10,13H2,1-3H3,(H,24,25). The summed E-state index contributed by atoms with van der Waals surface area (Å²) in [4.78, 5) is 18.6. The molecule has 144 valence electrons. The van der Waals surface area contributed by atoms with E-state index in [0.717, 1.165) is 29.7 Å². The smallest absolute Gasteiger partial charge is 0.320 e. The number of aromatic nitrogens is 1. The van der Waals surface area contributed by atoms with E-state index in [4.69, 9.17) is 9.47 Å². The van der Waals surface area contributed by atoms with Crippen LogP contribution < -0.4 is 9.47 Å². The normalized spacial score (nSPS) is 18.7. The van der Waals surface area contributed by atoms with Gasteiger partial charge in [-0.25, -0.2) is 0 Å². The summed E-state index contributed by atoms with van der Waals surface area (Å²) in [5.74, 6) is 0.442. The van der Waals surface area contributed by atoms with Gasteiger partial charge in [0.15, 0.2) is 11.5 Å². The molecule has 0 amide bonds. The molecule has 3 rings (SSSR count). The van der Waals surface area contributed by atoms with Gasteiger partial charge >= 0.3 is 5.97 Å². The quantitative estimate of drug-likeness (QED) is 0.840. The highest BCUT2D eigenvalue weighted by Gasteiger charge is 2.38. The maximum atomic E-state index is 12.0. The second-order valence-electron chi connectivity index (χ2n) is 6.78. The molecule has 1 N–H and O–H groups in total. The van der Waals surface area contributed by atoms with E-state index in [1.54, 1.807) is 20.4 Å². The van der Waals surface area contributed by atoms with Crippen molar-refractivity contribution in [3.8, 4) is 11.5 Å². The van der Waals surface area contributed by atoms with Crippen LogP contribution in [-0.2, 0) is 4.79 Å². The van der Waals surface area contributed by atoms with Gasteiger partial charge in [0, 0.05) is 11.8 Å². The van der Waals surface area contributed by atoms with Crippen molar-refractivity contribution in [2.24, 2.45) is 0 Å². The van der Waals surface area contributed by atoms with E-state index < -0.39 is 12.0 Å². The van der Waals surface area contributed by atoms with E-state index in [2.05, 4.69) is 4.98 Å². The number of ether oxygens (including phenoxy) is 2. The number of carbonyl (C=O) groups is 1.